The van der Waals surface area contributed by atoms with Gasteiger partial charge in [-0.05, 0) is 23.7 Å². The lowest BCUT2D eigenvalue weighted by Crippen LogP contribution is -2.29. The summed E-state index contributed by atoms with van der Waals surface area (Å²) in [4.78, 5) is 25.5. The standard InChI is InChI=1S/C15H22N6O6S/c16-21-19-14(26-7-6-25-9-13(22)20-24)10-27-12-3-1-2-11(8-12)15(23)17-4-5-18-28/h1-3,8,14,18,24,28H,4-7,9-10H2,(H,17,23)(H,20,22). The van der Waals surface area contributed by atoms with Crippen LogP contribution < -0.4 is 20.3 Å². The van der Waals surface area contributed by atoms with Gasteiger partial charge in [0.05, 0.1) is 13.2 Å². The summed E-state index contributed by atoms with van der Waals surface area (Å²) < 4.78 is 18.4. The molecule has 1 aromatic carbocycles. The van der Waals surface area contributed by atoms with Gasteiger partial charge in [-0.2, -0.15) is 0 Å². The number of nitrogens with zero attached hydrogens (tertiary/aromatic N) is 3. The van der Waals surface area contributed by atoms with Gasteiger partial charge in [0, 0.05) is 23.6 Å². The number of carbonyl (C=O) groups is 2. The average molecular weight is 414 g/mol. The van der Waals surface area contributed by atoms with Gasteiger partial charge in [-0.1, -0.05) is 24.0 Å². The first-order valence-corrected chi connectivity index (χ1v) is 8.60. The van der Waals surface area contributed by atoms with E-state index < -0.39 is 12.1 Å². The lowest BCUT2D eigenvalue weighted by Gasteiger charge is -2.14. The van der Waals surface area contributed by atoms with Crippen LogP contribution in [0.5, 0.6) is 5.75 Å². The quantitative estimate of drug-likeness (QED) is 0.0559. The molecule has 1 aromatic rings. The van der Waals surface area contributed by atoms with E-state index in [4.69, 9.17) is 24.9 Å². The van der Waals surface area contributed by atoms with E-state index in [1.807, 2.05) is 0 Å². The van der Waals surface area contributed by atoms with E-state index in [-0.39, 0.29) is 32.3 Å². The summed E-state index contributed by atoms with van der Waals surface area (Å²) in [5.74, 6) is -0.556. The molecule has 13 heteroatoms. The van der Waals surface area contributed by atoms with Crippen molar-refractivity contribution in [3.05, 3.63) is 40.3 Å². The van der Waals surface area contributed by atoms with Crippen LogP contribution in [-0.4, -0.2) is 62.8 Å². The van der Waals surface area contributed by atoms with Gasteiger partial charge in [-0.25, -0.2) is 5.48 Å². The van der Waals surface area contributed by atoms with E-state index >= 15 is 0 Å². The number of carbonyl (C=O) groups excluding carboxylic acids is 2. The highest BCUT2D eigenvalue weighted by atomic mass is 32.1. The van der Waals surface area contributed by atoms with Crippen molar-refractivity contribution in [2.75, 3.05) is 39.5 Å². The Bertz CT molecular complexity index is 672. The molecule has 1 atom stereocenters. The van der Waals surface area contributed by atoms with Gasteiger partial charge in [-0.15, -0.1) is 0 Å². The number of amides is 2. The van der Waals surface area contributed by atoms with Crippen LogP contribution in [0.15, 0.2) is 29.4 Å². The summed E-state index contributed by atoms with van der Waals surface area (Å²) in [6.07, 6.45) is -0.931. The molecular formula is C15H22N6O6S. The smallest absolute Gasteiger partial charge is 0.269 e. The fourth-order valence-electron chi connectivity index (χ4n) is 1.84. The minimum atomic E-state index is -0.931. The molecule has 0 spiro atoms. The first-order chi connectivity index (χ1) is 13.6. The van der Waals surface area contributed by atoms with E-state index in [0.717, 1.165) is 0 Å². The van der Waals surface area contributed by atoms with Gasteiger partial charge in [0.1, 0.15) is 19.0 Å². The van der Waals surface area contributed by atoms with Crippen LogP contribution in [0.2, 0.25) is 0 Å². The van der Waals surface area contributed by atoms with Crippen molar-refractivity contribution in [2.24, 2.45) is 5.11 Å². The molecule has 0 heterocycles. The predicted octanol–water partition coefficient (Wildman–Crippen LogP) is 0.405. The summed E-state index contributed by atoms with van der Waals surface area (Å²) in [6.45, 7) is 0.596. The summed E-state index contributed by atoms with van der Waals surface area (Å²) >= 11 is 3.84. The average Bonchev–Trinajstić information content (AvgIpc) is 2.71. The van der Waals surface area contributed by atoms with Crippen LogP contribution in [-0.2, 0) is 14.3 Å². The summed E-state index contributed by atoms with van der Waals surface area (Å²) in [5, 5.41) is 14.5. The lowest BCUT2D eigenvalue weighted by molar-refractivity contribution is -0.134. The molecule has 2 amide bonds. The van der Waals surface area contributed by atoms with E-state index in [9.17, 15) is 9.59 Å². The van der Waals surface area contributed by atoms with E-state index in [2.05, 4.69) is 32.9 Å². The highest BCUT2D eigenvalue weighted by molar-refractivity contribution is 7.78. The normalized spacial score (nSPS) is 11.2. The molecule has 0 aromatic heterocycles. The molecular weight excluding hydrogens is 392 g/mol. The number of thiol groups is 1. The van der Waals surface area contributed by atoms with Crippen LogP contribution in [0.1, 0.15) is 10.4 Å². The Morgan fingerprint density at radius 2 is 2.14 bits per heavy atom. The maximum absolute atomic E-state index is 12.0. The van der Waals surface area contributed by atoms with Gasteiger partial charge in [0.15, 0.2) is 6.23 Å². The Balaban J connectivity index is 2.45. The Labute approximate surface area is 166 Å². The first kappa shape index (κ1) is 23.5. The molecule has 154 valence electrons. The second-order valence-corrected chi connectivity index (χ2v) is 5.44. The number of hydrogen-bond acceptors (Lipinski definition) is 9. The number of hydrogen-bond donors (Lipinski definition) is 5. The molecule has 0 aliphatic rings. The lowest BCUT2D eigenvalue weighted by atomic mass is 10.2. The van der Waals surface area contributed by atoms with Crippen molar-refractivity contribution < 1.29 is 29.0 Å². The second kappa shape index (κ2) is 14.5. The first-order valence-electron chi connectivity index (χ1n) is 8.15. The minimum absolute atomic E-state index is 0.0351. The highest BCUT2D eigenvalue weighted by Crippen LogP contribution is 2.14. The number of azide groups is 1. The van der Waals surface area contributed by atoms with Crippen LogP contribution in [0, 0.1) is 0 Å². The molecule has 0 radical (unpaired) electrons. The highest BCUT2D eigenvalue weighted by Gasteiger charge is 2.10. The monoisotopic (exact) mass is 414 g/mol. The van der Waals surface area contributed by atoms with Gasteiger partial charge < -0.3 is 19.5 Å². The maximum Gasteiger partial charge on any atom is 0.269 e. The SMILES string of the molecule is [N-]=[N+]=NC(COc1cccc(C(=O)NCCNS)c1)OCCOCC(=O)NO. The van der Waals surface area contributed by atoms with Gasteiger partial charge in [-0.3, -0.25) is 19.5 Å². The molecule has 0 saturated heterocycles. The van der Waals surface area contributed by atoms with Gasteiger partial charge in [0.25, 0.3) is 11.8 Å². The van der Waals surface area contributed by atoms with Crippen LogP contribution in [0.3, 0.4) is 0 Å². The zero-order chi connectivity index (χ0) is 20.6. The number of nitrogens with one attached hydrogen (secondary N) is 3. The molecule has 0 bridgehead atoms. The Kier molecular flexibility index (Phi) is 12.2. The Hall–Kier alpha value is -2.54. The third kappa shape index (κ3) is 9.97. The Morgan fingerprint density at radius 1 is 1.32 bits per heavy atom. The zero-order valence-corrected chi connectivity index (χ0v) is 15.8. The van der Waals surface area contributed by atoms with E-state index in [1.165, 1.54) is 5.48 Å². The summed E-state index contributed by atoms with van der Waals surface area (Å²) in [7, 11) is 0. The molecule has 0 saturated carbocycles. The minimum Gasteiger partial charge on any atom is -0.491 e. The Morgan fingerprint density at radius 3 is 2.86 bits per heavy atom. The zero-order valence-electron chi connectivity index (χ0n) is 14.9. The summed E-state index contributed by atoms with van der Waals surface area (Å²) in [6, 6.07) is 6.49. The molecule has 0 aliphatic carbocycles. The van der Waals surface area contributed by atoms with Crippen molar-refractivity contribution in [3.63, 3.8) is 0 Å². The van der Waals surface area contributed by atoms with E-state index in [1.54, 1.807) is 24.3 Å². The van der Waals surface area contributed by atoms with Gasteiger partial charge >= 0.3 is 0 Å². The molecule has 1 rings (SSSR count). The number of benzene rings is 1. The summed E-state index contributed by atoms with van der Waals surface area (Å²) in [5.41, 5.74) is 10.4. The van der Waals surface area contributed by atoms with Crippen molar-refractivity contribution in [1.29, 1.82) is 0 Å². The molecule has 1 unspecified atom stereocenters. The van der Waals surface area contributed by atoms with Crippen LogP contribution >= 0.6 is 12.8 Å². The molecule has 4 N–H and O–H groups in total. The number of rotatable bonds is 14. The van der Waals surface area contributed by atoms with E-state index in [0.29, 0.717) is 24.4 Å². The number of ether oxygens (including phenoxy) is 3. The molecule has 0 aliphatic heterocycles. The van der Waals surface area contributed by atoms with Crippen molar-refractivity contribution >= 4 is 24.6 Å². The fourth-order valence-corrected chi connectivity index (χ4v) is 1.95. The topological polar surface area (TPSA) is 167 Å². The second-order valence-electron chi connectivity index (χ2n) is 5.12. The third-order valence-corrected chi connectivity index (χ3v) is 3.31. The maximum atomic E-state index is 12.0. The molecule has 12 nitrogen and oxygen atoms in total. The third-order valence-electron chi connectivity index (χ3n) is 3.09. The van der Waals surface area contributed by atoms with Crippen LogP contribution in [0.25, 0.3) is 10.4 Å². The predicted molar refractivity (Wildman–Crippen MR) is 101 cm³/mol. The fraction of sp³-hybridized carbons (Fsp3) is 0.467. The van der Waals surface area contributed by atoms with Gasteiger partial charge in [0.2, 0.25) is 0 Å². The van der Waals surface area contributed by atoms with Crippen molar-refractivity contribution in [2.45, 2.75) is 6.23 Å². The number of hydroxylamine groups is 1. The molecule has 0 fully saturated rings. The largest absolute Gasteiger partial charge is 0.491 e. The van der Waals surface area contributed by atoms with Crippen molar-refractivity contribution in [3.8, 4) is 5.75 Å². The van der Waals surface area contributed by atoms with Crippen molar-refractivity contribution in [1.82, 2.24) is 15.5 Å². The molecule has 28 heavy (non-hydrogen) atoms. The van der Waals surface area contributed by atoms with Crippen LogP contribution in [0.4, 0.5) is 0 Å².